The van der Waals surface area contributed by atoms with Crippen LogP contribution >= 0.6 is 11.8 Å². The van der Waals surface area contributed by atoms with Crippen LogP contribution in [0.1, 0.15) is 52.7 Å². The Bertz CT molecular complexity index is 1380. The van der Waals surface area contributed by atoms with Crippen LogP contribution in [-0.4, -0.2) is 59.1 Å². The molecule has 2 amide bonds. The molecule has 2 aliphatic heterocycles. The minimum Gasteiger partial charge on any atom is -0.368 e. The zero-order valence-corrected chi connectivity index (χ0v) is 24.0. The second-order valence-electron chi connectivity index (χ2n) is 11.2. The van der Waals surface area contributed by atoms with Crippen LogP contribution in [0.4, 0.5) is 5.69 Å². The fourth-order valence-electron chi connectivity index (χ4n) is 6.23. The Balaban J connectivity index is 1.14. The molecule has 2 heterocycles. The maximum Gasteiger partial charge on any atom is 0.260 e. The monoisotopic (exact) mass is 551 g/mol. The van der Waals surface area contributed by atoms with Gasteiger partial charge in [-0.15, -0.1) is 11.8 Å². The van der Waals surface area contributed by atoms with Gasteiger partial charge in [0.2, 0.25) is 0 Å². The lowest BCUT2D eigenvalue weighted by Crippen LogP contribution is -2.50. The Morgan fingerprint density at radius 3 is 2.40 bits per heavy atom. The van der Waals surface area contributed by atoms with Crippen LogP contribution < -0.4 is 4.90 Å². The highest BCUT2D eigenvalue weighted by Gasteiger charge is 2.40. The second kappa shape index (κ2) is 11.9. The van der Waals surface area contributed by atoms with Gasteiger partial charge in [-0.25, -0.2) is 0 Å². The lowest BCUT2D eigenvalue weighted by molar-refractivity contribution is -0.130. The number of aryl methyl sites for hydroxylation is 1. The molecule has 3 aromatic carbocycles. The number of piperazine rings is 1. The van der Waals surface area contributed by atoms with Crippen molar-refractivity contribution in [2.75, 3.05) is 31.1 Å². The molecule has 0 spiro atoms. The first kappa shape index (κ1) is 26.7. The summed E-state index contributed by atoms with van der Waals surface area (Å²) in [5.41, 5.74) is 5.29. The van der Waals surface area contributed by atoms with Gasteiger partial charge in [0.15, 0.2) is 0 Å². The first-order valence-electron chi connectivity index (χ1n) is 14.5. The molecule has 40 heavy (non-hydrogen) atoms. The number of thioether (sulfide) groups is 1. The number of carbonyl (C=O) groups excluding carboxylic acids is 2. The summed E-state index contributed by atoms with van der Waals surface area (Å²) in [4.78, 5) is 34.2. The Hall–Kier alpha value is -3.51. The quantitative estimate of drug-likeness (QED) is 0.345. The predicted octanol–water partition coefficient (Wildman–Crippen LogP) is 6.39. The van der Waals surface area contributed by atoms with E-state index >= 15 is 0 Å². The van der Waals surface area contributed by atoms with Gasteiger partial charge in [0.1, 0.15) is 0 Å². The van der Waals surface area contributed by atoms with Gasteiger partial charge in [0, 0.05) is 55.3 Å². The summed E-state index contributed by atoms with van der Waals surface area (Å²) >= 11 is 1.76. The highest BCUT2D eigenvalue weighted by Crippen LogP contribution is 2.42. The average molecular weight is 552 g/mol. The summed E-state index contributed by atoms with van der Waals surface area (Å²) in [5, 5.41) is 0.443. The van der Waals surface area contributed by atoms with E-state index in [1.165, 1.54) is 29.7 Å². The lowest BCUT2D eigenvalue weighted by Gasteiger charge is -2.44. The maximum absolute atomic E-state index is 13.8. The molecule has 3 aromatic rings. The molecule has 206 valence electrons. The Labute approximate surface area is 241 Å². The summed E-state index contributed by atoms with van der Waals surface area (Å²) in [7, 11) is 0. The Morgan fingerprint density at radius 2 is 1.65 bits per heavy atom. The number of fused-ring (bicyclic) bond motifs is 1. The molecule has 1 aliphatic carbocycles. The number of amides is 2. The summed E-state index contributed by atoms with van der Waals surface area (Å²) in [6.07, 6.45) is 6.67. The van der Waals surface area contributed by atoms with E-state index in [1.807, 2.05) is 41.3 Å². The molecular weight excluding hydrogens is 514 g/mol. The highest BCUT2D eigenvalue weighted by atomic mass is 32.2. The molecule has 0 aromatic heterocycles. The minimum atomic E-state index is 0.0735. The molecule has 3 fully saturated rings. The first-order chi connectivity index (χ1) is 19.5. The van der Waals surface area contributed by atoms with Crippen molar-refractivity contribution in [2.24, 2.45) is 0 Å². The van der Waals surface area contributed by atoms with E-state index in [0.717, 1.165) is 36.4 Å². The molecule has 1 saturated carbocycles. The van der Waals surface area contributed by atoms with E-state index in [1.54, 1.807) is 11.8 Å². The second-order valence-corrected chi connectivity index (χ2v) is 12.5. The van der Waals surface area contributed by atoms with Crippen molar-refractivity contribution in [1.29, 1.82) is 0 Å². The van der Waals surface area contributed by atoms with Crippen molar-refractivity contribution in [3.63, 3.8) is 0 Å². The molecule has 5 nitrogen and oxygen atoms in total. The van der Waals surface area contributed by atoms with Gasteiger partial charge >= 0.3 is 0 Å². The normalized spacial score (nSPS) is 22.4. The molecule has 0 radical (unpaired) electrons. The molecule has 0 bridgehead atoms. The first-order valence-corrected chi connectivity index (χ1v) is 15.4. The van der Waals surface area contributed by atoms with Crippen molar-refractivity contribution in [3.8, 4) is 0 Å². The van der Waals surface area contributed by atoms with E-state index in [0.29, 0.717) is 36.5 Å². The lowest BCUT2D eigenvalue weighted by atomic mass is 9.92. The van der Waals surface area contributed by atoms with E-state index < -0.39 is 0 Å². The van der Waals surface area contributed by atoms with Crippen molar-refractivity contribution < 1.29 is 9.59 Å². The average Bonchev–Trinajstić information content (AvgIpc) is 3.00. The van der Waals surface area contributed by atoms with Gasteiger partial charge < -0.3 is 14.7 Å². The summed E-state index contributed by atoms with van der Waals surface area (Å²) in [6, 6.07) is 26.9. The molecule has 2 saturated heterocycles. The summed E-state index contributed by atoms with van der Waals surface area (Å²) < 4.78 is 0. The highest BCUT2D eigenvalue weighted by molar-refractivity contribution is 8.04. The maximum atomic E-state index is 13.8. The molecule has 3 aliphatic rings. The zero-order valence-electron chi connectivity index (χ0n) is 23.2. The van der Waals surface area contributed by atoms with E-state index in [2.05, 4.69) is 65.3 Å². The number of carbonyl (C=O) groups is 2. The zero-order chi connectivity index (χ0) is 27.5. The van der Waals surface area contributed by atoms with Crippen molar-refractivity contribution in [1.82, 2.24) is 9.80 Å². The number of para-hydroxylation sites is 1. The fourth-order valence-corrected chi connectivity index (χ4v) is 7.70. The van der Waals surface area contributed by atoms with Gasteiger partial charge in [0.25, 0.3) is 11.8 Å². The molecule has 2 unspecified atom stereocenters. The molecular formula is C34H37N3O2S. The summed E-state index contributed by atoms with van der Waals surface area (Å²) in [6.45, 7) is 5.85. The van der Waals surface area contributed by atoms with Gasteiger partial charge in [-0.2, -0.15) is 0 Å². The van der Waals surface area contributed by atoms with Crippen LogP contribution in [0.2, 0.25) is 0 Å². The SMILES string of the molecule is Cc1cccc(CN2C(=O)/C(=C\c3ccc(C(=O)N4CCN(c5ccccc5)CC4)cc3)SC3CCCCC32)c1. The Morgan fingerprint density at radius 1 is 0.900 bits per heavy atom. The van der Waals surface area contributed by atoms with Crippen molar-refractivity contribution >= 4 is 35.3 Å². The van der Waals surface area contributed by atoms with Crippen LogP contribution in [0.15, 0.2) is 83.8 Å². The van der Waals surface area contributed by atoms with Gasteiger partial charge in [-0.05, 0) is 61.2 Å². The predicted molar refractivity (Wildman–Crippen MR) is 164 cm³/mol. The van der Waals surface area contributed by atoms with E-state index in [4.69, 9.17) is 0 Å². The van der Waals surface area contributed by atoms with Crippen LogP contribution in [0.5, 0.6) is 0 Å². The van der Waals surface area contributed by atoms with Gasteiger partial charge in [-0.3, -0.25) is 9.59 Å². The number of rotatable bonds is 5. The van der Waals surface area contributed by atoms with Gasteiger partial charge in [0.05, 0.1) is 4.91 Å². The molecule has 6 rings (SSSR count). The van der Waals surface area contributed by atoms with Crippen molar-refractivity contribution in [2.45, 2.75) is 50.4 Å². The number of hydrogen-bond donors (Lipinski definition) is 0. The van der Waals surface area contributed by atoms with Crippen LogP contribution in [0.3, 0.4) is 0 Å². The fraction of sp³-hybridized carbons (Fsp3) is 0.353. The number of benzene rings is 3. The molecule has 2 atom stereocenters. The number of nitrogens with zero attached hydrogens (tertiary/aromatic N) is 3. The standard InChI is InChI=1S/C34H37N3O2S/c1-25-8-7-9-27(22-25)24-37-30-12-5-6-13-31(30)40-32(34(37)39)23-26-14-16-28(17-15-26)33(38)36-20-18-35(19-21-36)29-10-3-2-4-11-29/h2-4,7-11,14-17,22-23,30-31H,5-6,12-13,18-21,24H2,1H3/b32-23+. The van der Waals surface area contributed by atoms with Gasteiger partial charge in [-0.1, -0.05) is 73.0 Å². The van der Waals surface area contributed by atoms with Crippen LogP contribution in [0, 0.1) is 6.92 Å². The van der Waals surface area contributed by atoms with E-state index in [9.17, 15) is 9.59 Å². The third-order valence-corrected chi connectivity index (χ3v) is 9.80. The molecule has 0 N–H and O–H groups in total. The Kier molecular flexibility index (Phi) is 7.96. The largest absolute Gasteiger partial charge is 0.368 e. The third kappa shape index (κ3) is 5.83. The molecule has 6 heteroatoms. The minimum absolute atomic E-state index is 0.0735. The van der Waals surface area contributed by atoms with E-state index in [-0.39, 0.29) is 11.8 Å². The third-order valence-electron chi connectivity index (χ3n) is 8.40. The van der Waals surface area contributed by atoms with Crippen LogP contribution in [0.25, 0.3) is 6.08 Å². The topological polar surface area (TPSA) is 43.9 Å². The van der Waals surface area contributed by atoms with Crippen LogP contribution in [-0.2, 0) is 11.3 Å². The number of hydrogen-bond acceptors (Lipinski definition) is 4. The summed E-state index contributed by atoms with van der Waals surface area (Å²) in [5.74, 6) is 0.204. The smallest absolute Gasteiger partial charge is 0.260 e. The number of anilines is 1. The van der Waals surface area contributed by atoms with Crippen molar-refractivity contribution in [3.05, 3.63) is 106 Å².